The SMILES string of the molecule is COC(=O)[C@@H]1CCC(c2cc(-c3ccc(F)cc3C)c(N(C)C(=O)C(C)(C)c3cc(C(F)(F)F)cc(C(F)(F)F)c3)cn2)=N1. The van der Waals surface area contributed by atoms with Gasteiger partial charge in [-0.05, 0) is 86.7 Å². The topological polar surface area (TPSA) is 71.9 Å². The highest BCUT2D eigenvalue weighted by Crippen LogP contribution is 2.41. The molecule has 234 valence electrons. The highest BCUT2D eigenvalue weighted by Gasteiger charge is 2.41. The van der Waals surface area contributed by atoms with Gasteiger partial charge < -0.3 is 9.64 Å². The number of nitrogens with zero attached hydrogens (tertiary/aromatic N) is 3. The third kappa shape index (κ3) is 6.46. The number of methoxy groups -OCH3 is 1. The molecule has 44 heavy (non-hydrogen) atoms. The number of carbonyl (C=O) groups excluding carboxylic acids is 2. The Kier molecular flexibility index (Phi) is 8.64. The number of esters is 1. The molecule has 1 aliphatic heterocycles. The molecule has 0 spiro atoms. The summed E-state index contributed by atoms with van der Waals surface area (Å²) < 4.78 is 100. The van der Waals surface area contributed by atoms with Gasteiger partial charge in [0.25, 0.3) is 0 Å². The Morgan fingerprint density at radius 3 is 2.05 bits per heavy atom. The standard InChI is InChI=1S/C31H28F7N3O3/c1-16-10-20(32)6-7-21(16)22-14-25(23-8-9-24(40-23)27(42)44-5)39-15-26(22)41(4)28(43)29(2,3)17-11-18(30(33,34)35)13-19(12-17)31(36,37)38/h6-7,10-15,24H,8-9H2,1-5H3/t24-/m0/s1. The van der Waals surface area contributed by atoms with Gasteiger partial charge in [-0.25, -0.2) is 9.18 Å². The van der Waals surface area contributed by atoms with Gasteiger partial charge in [-0.2, -0.15) is 26.3 Å². The number of ether oxygens (including phenoxy) is 1. The summed E-state index contributed by atoms with van der Waals surface area (Å²) >= 11 is 0. The molecule has 1 atom stereocenters. The largest absolute Gasteiger partial charge is 0.467 e. The van der Waals surface area contributed by atoms with E-state index in [4.69, 9.17) is 4.74 Å². The van der Waals surface area contributed by atoms with Crippen molar-refractivity contribution in [2.75, 3.05) is 19.1 Å². The summed E-state index contributed by atoms with van der Waals surface area (Å²) in [6.45, 7) is 4.09. The first-order valence-corrected chi connectivity index (χ1v) is 13.3. The monoisotopic (exact) mass is 623 g/mol. The number of anilines is 1. The third-order valence-corrected chi connectivity index (χ3v) is 7.61. The predicted molar refractivity (Wildman–Crippen MR) is 149 cm³/mol. The van der Waals surface area contributed by atoms with E-state index in [1.807, 2.05) is 0 Å². The van der Waals surface area contributed by atoms with Crippen LogP contribution in [0, 0.1) is 12.7 Å². The molecule has 0 bridgehead atoms. The molecule has 3 aromatic rings. The van der Waals surface area contributed by atoms with E-state index in [1.165, 1.54) is 52.4 Å². The fourth-order valence-electron chi connectivity index (χ4n) is 5.08. The van der Waals surface area contributed by atoms with Crippen LogP contribution in [0.1, 0.15) is 54.6 Å². The minimum Gasteiger partial charge on any atom is -0.467 e. The number of pyridine rings is 1. The average molecular weight is 624 g/mol. The lowest BCUT2D eigenvalue weighted by molar-refractivity contribution is -0.144. The Hall–Kier alpha value is -4.29. The molecule has 0 unspecified atom stereocenters. The Morgan fingerprint density at radius 2 is 1.50 bits per heavy atom. The van der Waals surface area contributed by atoms with Crippen molar-refractivity contribution in [3.8, 4) is 11.1 Å². The molecule has 0 saturated heterocycles. The number of aryl methyl sites for hydroxylation is 1. The van der Waals surface area contributed by atoms with Crippen molar-refractivity contribution in [1.82, 2.24) is 4.98 Å². The minimum atomic E-state index is -5.09. The molecule has 0 aliphatic carbocycles. The number of amides is 1. The van der Waals surface area contributed by atoms with Crippen LogP contribution in [0.3, 0.4) is 0 Å². The molecule has 0 N–H and O–H groups in total. The van der Waals surface area contributed by atoms with Crippen molar-refractivity contribution < 1.29 is 45.1 Å². The van der Waals surface area contributed by atoms with Crippen molar-refractivity contribution in [3.05, 3.63) is 82.4 Å². The maximum absolute atomic E-state index is 14.0. The first kappa shape index (κ1) is 32.6. The quantitative estimate of drug-likeness (QED) is 0.214. The molecule has 1 aromatic heterocycles. The molecular formula is C31H28F7N3O3. The van der Waals surface area contributed by atoms with Crippen molar-refractivity contribution in [2.45, 2.75) is 57.4 Å². The first-order chi connectivity index (χ1) is 20.3. The van der Waals surface area contributed by atoms with E-state index in [0.29, 0.717) is 53.1 Å². The first-order valence-electron chi connectivity index (χ1n) is 13.3. The smallest absolute Gasteiger partial charge is 0.416 e. The lowest BCUT2D eigenvalue weighted by Gasteiger charge is -2.32. The highest BCUT2D eigenvalue weighted by atomic mass is 19.4. The minimum absolute atomic E-state index is 0.00231. The van der Waals surface area contributed by atoms with Gasteiger partial charge in [-0.1, -0.05) is 6.07 Å². The van der Waals surface area contributed by atoms with Gasteiger partial charge in [-0.15, -0.1) is 0 Å². The summed E-state index contributed by atoms with van der Waals surface area (Å²) in [5, 5.41) is 0. The van der Waals surface area contributed by atoms with Crippen LogP contribution in [0.5, 0.6) is 0 Å². The summed E-state index contributed by atoms with van der Waals surface area (Å²) in [5.41, 5.74) is -3.07. The van der Waals surface area contributed by atoms with Crippen LogP contribution in [0.2, 0.25) is 0 Å². The van der Waals surface area contributed by atoms with E-state index in [-0.39, 0.29) is 11.8 Å². The van der Waals surface area contributed by atoms with Crippen LogP contribution < -0.4 is 4.90 Å². The van der Waals surface area contributed by atoms with Crippen LogP contribution in [-0.2, 0) is 32.1 Å². The number of carbonyl (C=O) groups is 2. The Balaban J connectivity index is 1.83. The summed E-state index contributed by atoms with van der Waals surface area (Å²) in [5.74, 6) is -1.86. The van der Waals surface area contributed by atoms with Crippen LogP contribution in [0.25, 0.3) is 11.1 Å². The average Bonchev–Trinajstić information content (AvgIpc) is 3.45. The van der Waals surface area contributed by atoms with E-state index < -0.39 is 58.2 Å². The number of halogens is 7. The number of benzene rings is 2. The van der Waals surface area contributed by atoms with E-state index in [9.17, 15) is 40.3 Å². The maximum Gasteiger partial charge on any atom is 0.416 e. The van der Waals surface area contributed by atoms with E-state index in [1.54, 1.807) is 13.0 Å². The van der Waals surface area contributed by atoms with E-state index in [0.717, 1.165) is 4.90 Å². The normalized spacial score (nSPS) is 15.6. The molecule has 13 heteroatoms. The predicted octanol–water partition coefficient (Wildman–Crippen LogP) is 7.30. The van der Waals surface area contributed by atoms with Crippen molar-refractivity contribution in [2.24, 2.45) is 4.99 Å². The Morgan fingerprint density at radius 1 is 0.909 bits per heavy atom. The summed E-state index contributed by atoms with van der Waals surface area (Å²) in [7, 11) is 2.57. The fraction of sp³-hybridized carbons (Fsp3) is 0.355. The maximum atomic E-state index is 14.0. The molecule has 1 aliphatic rings. The molecule has 4 rings (SSSR count). The molecule has 2 aromatic carbocycles. The molecule has 0 saturated carbocycles. The second kappa shape index (κ2) is 11.7. The Labute approximate surface area is 248 Å². The molecule has 6 nitrogen and oxygen atoms in total. The van der Waals surface area contributed by atoms with Crippen molar-refractivity contribution in [3.63, 3.8) is 0 Å². The lowest BCUT2D eigenvalue weighted by atomic mass is 9.81. The zero-order valence-corrected chi connectivity index (χ0v) is 24.3. The van der Waals surface area contributed by atoms with Gasteiger partial charge in [0.2, 0.25) is 5.91 Å². The van der Waals surface area contributed by atoms with Gasteiger partial charge in [-0.3, -0.25) is 14.8 Å². The van der Waals surface area contributed by atoms with E-state index in [2.05, 4.69) is 9.98 Å². The summed E-state index contributed by atoms with van der Waals surface area (Å²) in [6, 6.07) is 5.90. The van der Waals surface area contributed by atoms with Gasteiger partial charge in [0.1, 0.15) is 11.9 Å². The van der Waals surface area contributed by atoms with E-state index >= 15 is 0 Å². The second-order valence-corrected chi connectivity index (χ2v) is 11.0. The Bertz CT molecular complexity index is 1610. The molecule has 0 fully saturated rings. The van der Waals surface area contributed by atoms with Gasteiger partial charge in [0.15, 0.2) is 0 Å². The molecular weight excluding hydrogens is 595 g/mol. The van der Waals surface area contributed by atoms with Gasteiger partial charge >= 0.3 is 18.3 Å². The lowest BCUT2D eigenvalue weighted by Crippen LogP contribution is -2.42. The van der Waals surface area contributed by atoms with Crippen LogP contribution in [0.15, 0.2) is 53.7 Å². The van der Waals surface area contributed by atoms with Gasteiger partial charge in [0.05, 0.1) is 46.9 Å². The molecule has 1 amide bonds. The second-order valence-electron chi connectivity index (χ2n) is 11.0. The van der Waals surface area contributed by atoms with Crippen LogP contribution >= 0.6 is 0 Å². The number of hydrogen-bond donors (Lipinski definition) is 0. The van der Waals surface area contributed by atoms with Gasteiger partial charge in [0, 0.05) is 12.6 Å². The number of hydrogen-bond acceptors (Lipinski definition) is 5. The number of rotatable bonds is 6. The van der Waals surface area contributed by atoms with Crippen LogP contribution in [-0.4, -0.2) is 42.8 Å². The van der Waals surface area contributed by atoms with Crippen molar-refractivity contribution in [1.29, 1.82) is 0 Å². The highest BCUT2D eigenvalue weighted by molar-refractivity contribution is 6.06. The van der Waals surface area contributed by atoms with Crippen LogP contribution in [0.4, 0.5) is 36.4 Å². The summed E-state index contributed by atoms with van der Waals surface area (Å²) in [4.78, 5) is 35.8. The number of aliphatic imine (C=N–C) groups is 1. The molecule has 0 radical (unpaired) electrons. The third-order valence-electron chi connectivity index (χ3n) is 7.61. The zero-order valence-electron chi connectivity index (χ0n) is 24.3. The number of aromatic nitrogens is 1. The molecule has 2 heterocycles. The zero-order chi connectivity index (χ0) is 32.8. The fourth-order valence-corrected chi connectivity index (χ4v) is 5.08. The number of alkyl halides is 6. The number of likely N-dealkylation sites (N-methyl/N-ethyl adjacent to an activating group) is 1. The summed E-state index contributed by atoms with van der Waals surface area (Å²) in [6.07, 6.45) is -8.08. The van der Waals surface area contributed by atoms with Crippen molar-refractivity contribution >= 4 is 23.3 Å².